The number of primary sulfonamides is 1. The quantitative estimate of drug-likeness (QED) is 0.670. The van der Waals surface area contributed by atoms with E-state index in [-0.39, 0.29) is 10.8 Å². The predicted octanol–water partition coefficient (Wildman–Crippen LogP) is 2.56. The van der Waals surface area contributed by atoms with E-state index >= 15 is 0 Å². The lowest BCUT2D eigenvalue weighted by atomic mass is 10.0. The first kappa shape index (κ1) is 16.5. The van der Waals surface area contributed by atoms with Crippen LogP contribution in [0, 0.1) is 18.8 Å². The van der Waals surface area contributed by atoms with E-state index in [2.05, 4.69) is 11.8 Å². The summed E-state index contributed by atoms with van der Waals surface area (Å²) in [4.78, 5) is 0.155. The molecule has 0 amide bonds. The third-order valence-electron chi connectivity index (χ3n) is 2.90. The molecule has 2 N–H and O–H groups in total. The molecule has 0 saturated heterocycles. The maximum Gasteiger partial charge on any atom is 0.238 e. The van der Waals surface area contributed by atoms with Gasteiger partial charge in [0.2, 0.25) is 10.0 Å². The Labute approximate surface area is 121 Å². The van der Waals surface area contributed by atoms with Gasteiger partial charge in [0.15, 0.2) is 0 Å². The SMILES string of the molecule is CC#CCCOc1cc(C)c(S(N)(=O)=O)cc1C(C)C. The lowest BCUT2D eigenvalue weighted by molar-refractivity contribution is 0.322. The highest BCUT2D eigenvalue weighted by Gasteiger charge is 2.17. The molecule has 1 aromatic carbocycles. The van der Waals surface area contributed by atoms with Crippen LogP contribution in [0.15, 0.2) is 17.0 Å². The molecule has 110 valence electrons. The fourth-order valence-corrected chi connectivity index (χ4v) is 2.70. The van der Waals surface area contributed by atoms with E-state index in [1.165, 1.54) is 0 Å². The van der Waals surface area contributed by atoms with Crippen molar-refractivity contribution in [1.82, 2.24) is 0 Å². The second kappa shape index (κ2) is 6.78. The van der Waals surface area contributed by atoms with E-state index in [0.29, 0.717) is 24.3 Å². The van der Waals surface area contributed by atoms with Gasteiger partial charge < -0.3 is 4.74 Å². The van der Waals surface area contributed by atoms with Gasteiger partial charge >= 0.3 is 0 Å². The largest absolute Gasteiger partial charge is 0.492 e. The number of rotatable bonds is 5. The van der Waals surface area contributed by atoms with Crippen molar-refractivity contribution in [2.45, 2.75) is 44.9 Å². The third-order valence-corrected chi connectivity index (χ3v) is 3.95. The van der Waals surface area contributed by atoms with Gasteiger partial charge in [-0.1, -0.05) is 13.8 Å². The minimum Gasteiger partial charge on any atom is -0.492 e. The van der Waals surface area contributed by atoms with Crippen LogP contribution < -0.4 is 9.88 Å². The van der Waals surface area contributed by atoms with Crippen LogP contribution in [0.1, 0.15) is 44.2 Å². The molecule has 0 aromatic heterocycles. The van der Waals surface area contributed by atoms with E-state index in [4.69, 9.17) is 9.88 Å². The fourth-order valence-electron chi connectivity index (χ4n) is 1.90. The molecule has 0 bridgehead atoms. The lowest BCUT2D eigenvalue weighted by Gasteiger charge is -2.16. The highest BCUT2D eigenvalue weighted by molar-refractivity contribution is 7.89. The van der Waals surface area contributed by atoms with E-state index in [0.717, 1.165) is 5.56 Å². The summed E-state index contributed by atoms with van der Waals surface area (Å²) in [6, 6.07) is 3.34. The molecule has 0 aliphatic heterocycles. The zero-order valence-corrected chi connectivity index (χ0v) is 13.2. The number of sulfonamides is 1. The molecule has 1 aromatic rings. The average Bonchev–Trinajstić information content (AvgIpc) is 2.32. The van der Waals surface area contributed by atoms with Crippen LogP contribution in [0.2, 0.25) is 0 Å². The Balaban J connectivity index is 3.17. The van der Waals surface area contributed by atoms with Crippen molar-refractivity contribution in [3.63, 3.8) is 0 Å². The van der Waals surface area contributed by atoms with Gasteiger partial charge in [-0.25, -0.2) is 13.6 Å². The van der Waals surface area contributed by atoms with E-state index < -0.39 is 10.0 Å². The summed E-state index contributed by atoms with van der Waals surface area (Å²) in [6.07, 6.45) is 0.643. The second-order valence-corrected chi connectivity index (χ2v) is 6.41. The molecule has 0 aliphatic carbocycles. The van der Waals surface area contributed by atoms with Crippen molar-refractivity contribution < 1.29 is 13.2 Å². The summed E-state index contributed by atoms with van der Waals surface area (Å²) >= 11 is 0. The molecular weight excluding hydrogens is 274 g/mol. The van der Waals surface area contributed by atoms with Crippen molar-refractivity contribution in [3.8, 4) is 17.6 Å². The number of ether oxygens (including phenoxy) is 1. The molecule has 0 unspecified atom stereocenters. The summed E-state index contributed by atoms with van der Waals surface area (Å²) in [5.74, 6) is 6.57. The summed E-state index contributed by atoms with van der Waals surface area (Å²) in [7, 11) is -3.71. The Morgan fingerprint density at radius 2 is 2.00 bits per heavy atom. The molecule has 4 nitrogen and oxygen atoms in total. The zero-order valence-electron chi connectivity index (χ0n) is 12.4. The topological polar surface area (TPSA) is 69.4 Å². The highest BCUT2D eigenvalue weighted by atomic mass is 32.2. The maximum absolute atomic E-state index is 11.6. The molecule has 0 spiro atoms. The van der Waals surface area contributed by atoms with Crippen molar-refractivity contribution in [2.24, 2.45) is 5.14 Å². The fraction of sp³-hybridized carbons (Fsp3) is 0.467. The Kier molecular flexibility index (Phi) is 5.61. The van der Waals surface area contributed by atoms with Crippen LogP contribution in [0.5, 0.6) is 5.75 Å². The zero-order chi connectivity index (χ0) is 15.3. The predicted molar refractivity (Wildman–Crippen MR) is 80.2 cm³/mol. The molecule has 0 heterocycles. The van der Waals surface area contributed by atoms with Crippen molar-refractivity contribution in [1.29, 1.82) is 0 Å². The summed E-state index contributed by atoms with van der Waals surface area (Å²) in [5.41, 5.74) is 1.43. The summed E-state index contributed by atoms with van der Waals surface area (Å²) in [6.45, 7) is 7.94. The molecule has 0 aliphatic rings. The number of hydrogen-bond acceptors (Lipinski definition) is 3. The average molecular weight is 295 g/mol. The van der Waals surface area contributed by atoms with Crippen LogP contribution in [0.3, 0.4) is 0 Å². The molecular formula is C15H21NO3S. The molecule has 0 atom stereocenters. The van der Waals surface area contributed by atoms with Crippen LogP contribution in [0.25, 0.3) is 0 Å². The van der Waals surface area contributed by atoms with Crippen molar-refractivity contribution in [3.05, 3.63) is 23.3 Å². The van der Waals surface area contributed by atoms with Crippen LogP contribution in [-0.4, -0.2) is 15.0 Å². The van der Waals surface area contributed by atoms with Gasteiger partial charge in [-0.05, 0) is 43.0 Å². The van der Waals surface area contributed by atoms with Crippen LogP contribution in [-0.2, 0) is 10.0 Å². The Hall–Kier alpha value is -1.51. The first-order valence-electron chi connectivity index (χ1n) is 6.47. The maximum atomic E-state index is 11.6. The van der Waals surface area contributed by atoms with Gasteiger partial charge in [-0.15, -0.1) is 11.8 Å². The smallest absolute Gasteiger partial charge is 0.238 e. The highest BCUT2D eigenvalue weighted by Crippen LogP contribution is 2.31. The Bertz CT molecular complexity index is 637. The van der Waals surface area contributed by atoms with Gasteiger partial charge in [-0.2, -0.15) is 0 Å². The molecule has 1 rings (SSSR count). The van der Waals surface area contributed by atoms with Gasteiger partial charge in [0.05, 0.1) is 11.5 Å². The number of aryl methyl sites for hydroxylation is 1. The molecule has 0 fully saturated rings. The summed E-state index contributed by atoms with van der Waals surface area (Å²) < 4.78 is 28.8. The minimum atomic E-state index is -3.71. The Morgan fingerprint density at radius 1 is 1.35 bits per heavy atom. The number of benzene rings is 1. The number of hydrogen-bond donors (Lipinski definition) is 1. The first-order chi connectivity index (χ1) is 9.27. The normalized spacial score (nSPS) is 11.1. The standard InChI is InChI=1S/C15H21NO3S/c1-5-6-7-8-19-14-9-12(4)15(20(16,17)18)10-13(14)11(2)3/h9-11H,7-8H2,1-4H3,(H2,16,17,18). The van der Waals surface area contributed by atoms with E-state index in [1.807, 2.05) is 13.8 Å². The number of nitrogens with two attached hydrogens (primary N) is 1. The summed E-state index contributed by atoms with van der Waals surface area (Å²) in [5, 5.41) is 5.23. The lowest BCUT2D eigenvalue weighted by Crippen LogP contribution is -2.15. The van der Waals surface area contributed by atoms with Gasteiger partial charge in [-0.3, -0.25) is 0 Å². The van der Waals surface area contributed by atoms with Crippen molar-refractivity contribution in [2.75, 3.05) is 6.61 Å². The molecule has 0 radical (unpaired) electrons. The third kappa shape index (κ3) is 4.26. The monoisotopic (exact) mass is 295 g/mol. The first-order valence-corrected chi connectivity index (χ1v) is 8.01. The van der Waals surface area contributed by atoms with E-state index in [1.54, 1.807) is 26.0 Å². The van der Waals surface area contributed by atoms with Gasteiger partial charge in [0.25, 0.3) is 0 Å². The molecule has 20 heavy (non-hydrogen) atoms. The Morgan fingerprint density at radius 3 is 2.50 bits per heavy atom. The van der Waals surface area contributed by atoms with Crippen molar-refractivity contribution >= 4 is 10.0 Å². The second-order valence-electron chi connectivity index (χ2n) is 4.88. The van der Waals surface area contributed by atoms with Crippen LogP contribution >= 0.6 is 0 Å². The minimum absolute atomic E-state index is 0.142. The van der Waals surface area contributed by atoms with Gasteiger partial charge in [0, 0.05) is 6.42 Å². The molecule has 0 saturated carbocycles. The molecule has 5 heteroatoms. The van der Waals surface area contributed by atoms with E-state index in [9.17, 15) is 8.42 Å². The van der Waals surface area contributed by atoms with Crippen LogP contribution in [0.4, 0.5) is 0 Å². The van der Waals surface area contributed by atoms with Gasteiger partial charge in [0.1, 0.15) is 5.75 Å².